The van der Waals surface area contributed by atoms with E-state index in [0.29, 0.717) is 13.3 Å². The molecule has 5 heteroatoms. The van der Waals surface area contributed by atoms with E-state index in [1.54, 1.807) is 11.8 Å². The van der Waals surface area contributed by atoms with E-state index in [0.717, 1.165) is 10.9 Å². The molecule has 1 heterocycles. The van der Waals surface area contributed by atoms with Crippen LogP contribution in [0.25, 0.3) is 6.08 Å². The second-order valence-corrected chi connectivity index (χ2v) is 5.35. The summed E-state index contributed by atoms with van der Waals surface area (Å²) in [5.74, 6) is 0. The summed E-state index contributed by atoms with van der Waals surface area (Å²) in [5, 5.41) is 0.970. The molecule has 2 aromatic rings. The molecule has 100 valence electrons. The van der Waals surface area contributed by atoms with E-state index >= 15 is 0 Å². The van der Waals surface area contributed by atoms with Crippen molar-refractivity contribution < 1.29 is 4.74 Å². The number of rotatable bonds is 6. The number of nitrogens with zero attached hydrogens (tertiary/aromatic N) is 2. The molecule has 0 bridgehead atoms. The van der Waals surface area contributed by atoms with Gasteiger partial charge in [-0.2, -0.15) is 0 Å². The van der Waals surface area contributed by atoms with Crippen molar-refractivity contribution in [3.05, 3.63) is 51.9 Å². The molecule has 0 aliphatic rings. The van der Waals surface area contributed by atoms with Crippen LogP contribution in [0.1, 0.15) is 11.3 Å². The summed E-state index contributed by atoms with van der Waals surface area (Å²) in [6, 6.07) is 10.2. The van der Waals surface area contributed by atoms with E-state index in [-0.39, 0.29) is 0 Å². The Morgan fingerprint density at radius 3 is 2.84 bits per heavy atom. The van der Waals surface area contributed by atoms with Gasteiger partial charge in [0.25, 0.3) is 0 Å². The Bertz CT molecular complexity index is 540. The van der Waals surface area contributed by atoms with Crippen LogP contribution >= 0.6 is 34.4 Å². The fourth-order valence-corrected chi connectivity index (χ4v) is 2.60. The Morgan fingerprint density at radius 1 is 1.37 bits per heavy atom. The number of hydrogen-bond acceptors (Lipinski definition) is 3. The minimum Gasteiger partial charge on any atom is -0.356 e. The predicted molar refractivity (Wildman–Crippen MR) is 88.3 cm³/mol. The minimum atomic E-state index is 0.515. The second kappa shape index (κ2) is 7.72. The molecule has 2 rings (SSSR count). The molecule has 0 spiro atoms. The summed E-state index contributed by atoms with van der Waals surface area (Å²) >= 11 is 3.83. The maximum Gasteiger partial charge on any atom is 0.170 e. The van der Waals surface area contributed by atoms with Crippen LogP contribution in [-0.2, 0) is 18.1 Å². The van der Waals surface area contributed by atoms with Crippen molar-refractivity contribution in [2.24, 2.45) is 0 Å². The predicted octanol–water partition coefficient (Wildman–Crippen LogP) is 4.19. The molecule has 0 atom stereocenters. The molecule has 0 aliphatic heterocycles. The average Bonchev–Trinajstić information content (AvgIpc) is 2.83. The highest BCUT2D eigenvalue weighted by atomic mass is 127. The summed E-state index contributed by atoms with van der Waals surface area (Å²) in [6.07, 6.45) is 5.92. The number of benzene rings is 1. The van der Waals surface area contributed by atoms with E-state index in [2.05, 4.69) is 44.3 Å². The lowest BCUT2D eigenvalue weighted by Gasteiger charge is -2.09. The minimum absolute atomic E-state index is 0.515. The Labute approximate surface area is 131 Å². The van der Waals surface area contributed by atoms with Crippen LogP contribution in [0.3, 0.4) is 0 Å². The molecular weight excluding hydrogens is 371 g/mol. The molecule has 19 heavy (non-hydrogen) atoms. The van der Waals surface area contributed by atoms with E-state index in [4.69, 9.17) is 4.74 Å². The molecule has 1 aromatic heterocycles. The molecule has 0 saturated carbocycles. The van der Waals surface area contributed by atoms with Gasteiger partial charge in [0, 0.05) is 0 Å². The summed E-state index contributed by atoms with van der Waals surface area (Å²) in [7, 11) is 0. The zero-order chi connectivity index (χ0) is 13.5. The number of halogens is 1. The van der Waals surface area contributed by atoms with Crippen molar-refractivity contribution in [1.82, 2.24) is 9.55 Å². The number of aromatic nitrogens is 2. The van der Waals surface area contributed by atoms with Crippen LogP contribution in [0.2, 0.25) is 0 Å². The van der Waals surface area contributed by atoms with Crippen LogP contribution in [-0.4, -0.2) is 15.8 Å². The quantitative estimate of drug-likeness (QED) is 0.551. The van der Waals surface area contributed by atoms with Gasteiger partial charge in [-0.15, -0.1) is 0 Å². The lowest BCUT2D eigenvalue weighted by atomic mass is 10.2. The highest BCUT2D eigenvalue weighted by Gasteiger charge is 2.06. The first-order chi connectivity index (χ1) is 9.35. The van der Waals surface area contributed by atoms with Gasteiger partial charge >= 0.3 is 0 Å². The highest BCUT2D eigenvalue weighted by molar-refractivity contribution is 14.1. The van der Waals surface area contributed by atoms with Crippen LogP contribution in [0.5, 0.6) is 0 Å². The molecule has 0 radical (unpaired) electrons. The Kier molecular flexibility index (Phi) is 5.93. The van der Waals surface area contributed by atoms with Gasteiger partial charge in [-0.1, -0.05) is 64.7 Å². The summed E-state index contributed by atoms with van der Waals surface area (Å²) < 4.78 is 9.82. The van der Waals surface area contributed by atoms with Gasteiger partial charge in [0.05, 0.1) is 18.5 Å². The highest BCUT2D eigenvalue weighted by Crippen LogP contribution is 2.17. The molecule has 0 N–H and O–H groups in total. The topological polar surface area (TPSA) is 27.1 Å². The molecule has 0 unspecified atom stereocenters. The maximum atomic E-state index is 5.77. The van der Waals surface area contributed by atoms with Crippen molar-refractivity contribution in [1.29, 1.82) is 0 Å². The molecule has 0 amide bonds. The molecule has 3 nitrogen and oxygen atoms in total. The first kappa shape index (κ1) is 14.6. The number of ether oxygens (including phenoxy) is 1. The summed E-state index contributed by atoms with van der Waals surface area (Å²) in [6.45, 7) is 1.13. The van der Waals surface area contributed by atoms with Crippen molar-refractivity contribution in [3.63, 3.8) is 0 Å². The largest absolute Gasteiger partial charge is 0.356 e. The second-order valence-electron chi connectivity index (χ2n) is 3.85. The summed E-state index contributed by atoms with van der Waals surface area (Å²) in [5.41, 5.74) is 2.24. The van der Waals surface area contributed by atoms with Crippen molar-refractivity contribution in [2.45, 2.75) is 18.5 Å². The zero-order valence-electron chi connectivity index (χ0n) is 10.6. The summed E-state index contributed by atoms with van der Waals surface area (Å²) in [4.78, 5) is 4.37. The van der Waals surface area contributed by atoms with Gasteiger partial charge in [-0.05, 0) is 22.0 Å². The van der Waals surface area contributed by atoms with E-state index in [1.165, 1.54) is 5.56 Å². The monoisotopic (exact) mass is 386 g/mol. The standard InChI is InChI=1S/C14H15IN2OS/c1-19-14-16-9-13(7-8-15)17(14)11-18-10-12-5-3-2-4-6-12/h2-9H,10-11H2,1H3/b8-7-. The van der Waals surface area contributed by atoms with E-state index in [1.807, 2.05) is 40.8 Å². The van der Waals surface area contributed by atoms with Crippen molar-refractivity contribution in [3.8, 4) is 0 Å². The van der Waals surface area contributed by atoms with Gasteiger partial charge in [-0.3, -0.25) is 4.57 Å². The van der Waals surface area contributed by atoms with Crippen LogP contribution in [0, 0.1) is 0 Å². The van der Waals surface area contributed by atoms with E-state index < -0.39 is 0 Å². The maximum absolute atomic E-state index is 5.77. The Hall–Kier alpha value is -0.790. The normalized spacial score (nSPS) is 11.3. The number of imidazole rings is 1. The number of thioether (sulfide) groups is 1. The van der Waals surface area contributed by atoms with E-state index in [9.17, 15) is 0 Å². The van der Waals surface area contributed by atoms with Gasteiger partial charge in [0.15, 0.2) is 5.16 Å². The zero-order valence-corrected chi connectivity index (χ0v) is 13.6. The van der Waals surface area contributed by atoms with Crippen LogP contribution in [0.15, 0.2) is 45.8 Å². The third kappa shape index (κ3) is 4.09. The molecule has 0 saturated heterocycles. The smallest absolute Gasteiger partial charge is 0.170 e. The Morgan fingerprint density at radius 2 is 2.16 bits per heavy atom. The first-order valence-electron chi connectivity index (χ1n) is 5.83. The first-order valence-corrected chi connectivity index (χ1v) is 8.30. The van der Waals surface area contributed by atoms with Crippen molar-refractivity contribution >= 4 is 40.4 Å². The third-order valence-electron chi connectivity index (χ3n) is 2.60. The fourth-order valence-electron chi connectivity index (χ4n) is 1.69. The van der Waals surface area contributed by atoms with Crippen LogP contribution < -0.4 is 0 Å². The lowest BCUT2D eigenvalue weighted by Crippen LogP contribution is -2.05. The molecular formula is C14H15IN2OS. The van der Waals surface area contributed by atoms with Gasteiger partial charge < -0.3 is 4.74 Å². The fraction of sp³-hybridized carbons (Fsp3) is 0.214. The van der Waals surface area contributed by atoms with Gasteiger partial charge in [-0.25, -0.2) is 4.98 Å². The molecule has 1 aromatic carbocycles. The Balaban J connectivity index is 2.00. The molecule has 0 aliphatic carbocycles. The van der Waals surface area contributed by atoms with Gasteiger partial charge in [0.1, 0.15) is 6.73 Å². The van der Waals surface area contributed by atoms with Gasteiger partial charge in [0.2, 0.25) is 0 Å². The molecule has 0 fully saturated rings. The average molecular weight is 386 g/mol. The van der Waals surface area contributed by atoms with Crippen molar-refractivity contribution in [2.75, 3.05) is 6.26 Å². The lowest BCUT2D eigenvalue weighted by molar-refractivity contribution is 0.0583. The third-order valence-corrected chi connectivity index (χ3v) is 3.65. The van der Waals surface area contributed by atoms with Crippen LogP contribution in [0.4, 0.5) is 0 Å². The SMILES string of the molecule is CSc1ncc(/C=C\I)n1COCc1ccccc1. The number of hydrogen-bond donors (Lipinski definition) is 0.